The minimum atomic E-state index is -1.07. The number of ether oxygens (including phenoxy) is 1. The second kappa shape index (κ2) is 9.28. The van der Waals surface area contributed by atoms with Crippen molar-refractivity contribution >= 4 is 33.5 Å². The molecular weight excluding hydrogens is 384 g/mol. The summed E-state index contributed by atoms with van der Waals surface area (Å²) in [6, 6.07) is 16.4. The molecule has 0 aliphatic rings. The third-order valence-corrected chi connectivity index (χ3v) is 4.41. The van der Waals surface area contributed by atoms with Crippen LogP contribution in [0.1, 0.15) is 28.8 Å². The molecule has 0 radical (unpaired) electrons. The normalized spacial score (nSPS) is 11.6. The van der Waals surface area contributed by atoms with E-state index in [1.54, 1.807) is 24.3 Å². The van der Waals surface area contributed by atoms with Gasteiger partial charge in [0.1, 0.15) is 11.7 Å². The van der Waals surface area contributed by atoms with Gasteiger partial charge >= 0.3 is 5.97 Å². The fourth-order valence-corrected chi connectivity index (χ4v) is 2.92. The summed E-state index contributed by atoms with van der Waals surface area (Å²) in [6.07, 6.45) is 0.532. The smallest absolute Gasteiger partial charge is 0.316 e. The molecule has 2 rings (SSSR count). The molecule has 0 N–H and O–H groups in total. The SMILES string of the molecule is COC(=O)C(CC(=O)c1cccc(Br)c1)C(=O)CCc1ccccc1. The minimum Gasteiger partial charge on any atom is -0.468 e. The molecule has 0 heterocycles. The monoisotopic (exact) mass is 402 g/mol. The van der Waals surface area contributed by atoms with Gasteiger partial charge in [0.2, 0.25) is 0 Å². The number of carbonyl (C=O) groups is 3. The zero-order valence-electron chi connectivity index (χ0n) is 13.9. The second-order valence-corrected chi connectivity index (χ2v) is 6.58. The Balaban J connectivity index is 2.06. The van der Waals surface area contributed by atoms with E-state index in [9.17, 15) is 14.4 Å². The zero-order valence-corrected chi connectivity index (χ0v) is 15.5. The fraction of sp³-hybridized carbons (Fsp3) is 0.250. The highest BCUT2D eigenvalue weighted by molar-refractivity contribution is 9.10. The summed E-state index contributed by atoms with van der Waals surface area (Å²) < 4.78 is 5.49. The lowest BCUT2D eigenvalue weighted by atomic mass is 9.91. The van der Waals surface area contributed by atoms with Gasteiger partial charge in [0.15, 0.2) is 5.78 Å². The highest BCUT2D eigenvalue weighted by Crippen LogP contribution is 2.18. The van der Waals surface area contributed by atoms with Crippen molar-refractivity contribution in [1.82, 2.24) is 0 Å². The Bertz CT molecular complexity index is 755. The molecule has 0 aliphatic heterocycles. The number of aryl methyl sites for hydroxylation is 1. The third kappa shape index (κ3) is 5.64. The van der Waals surface area contributed by atoms with Crippen molar-refractivity contribution in [2.75, 3.05) is 7.11 Å². The van der Waals surface area contributed by atoms with Crippen LogP contribution in [0.25, 0.3) is 0 Å². The maximum atomic E-state index is 12.5. The van der Waals surface area contributed by atoms with Crippen LogP contribution in [0.15, 0.2) is 59.1 Å². The molecule has 1 unspecified atom stereocenters. The predicted molar refractivity (Wildman–Crippen MR) is 98.4 cm³/mol. The lowest BCUT2D eigenvalue weighted by Crippen LogP contribution is -2.28. The molecule has 0 aromatic heterocycles. The highest BCUT2D eigenvalue weighted by atomic mass is 79.9. The first-order valence-corrected chi connectivity index (χ1v) is 8.74. The van der Waals surface area contributed by atoms with E-state index in [2.05, 4.69) is 15.9 Å². The number of esters is 1. The Kier molecular flexibility index (Phi) is 7.07. The Hall–Kier alpha value is -2.27. The van der Waals surface area contributed by atoms with E-state index >= 15 is 0 Å². The molecule has 2 aromatic carbocycles. The molecule has 0 fully saturated rings. The van der Waals surface area contributed by atoms with E-state index in [1.807, 2.05) is 30.3 Å². The molecule has 130 valence electrons. The molecule has 0 saturated heterocycles. The summed E-state index contributed by atoms with van der Waals surface area (Å²) >= 11 is 3.31. The van der Waals surface area contributed by atoms with Crippen molar-refractivity contribution in [2.45, 2.75) is 19.3 Å². The largest absolute Gasteiger partial charge is 0.468 e. The minimum absolute atomic E-state index is 0.184. The fourth-order valence-electron chi connectivity index (χ4n) is 2.52. The van der Waals surface area contributed by atoms with Gasteiger partial charge in [-0.1, -0.05) is 58.4 Å². The molecule has 4 nitrogen and oxygen atoms in total. The predicted octanol–water partition coefficient (Wildman–Crippen LogP) is 4.01. The number of rotatable bonds is 8. The lowest BCUT2D eigenvalue weighted by molar-refractivity contribution is -0.149. The van der Waals surface area contributed by atoms with E-state index in [0.29, 0.717) is 12.0 Å². The van der Waals surface area contributed by atoms with Crippen LogP contribution in [0, 0.1) is 5.92 Å². The van der Waals surface area contributed by atoms with Crippen LogP contribution in [0.5, 0.6) is 0 Å². The van der Waals surface area contributed by atoms with Gasteiger partial charge in [0, 0.05) is 22.9 Å². The number of hydrogen-bond donors (Lipinski definition) is 0. The number of methoxy groups -OCH3 is 1. The lowest BCUT2D eigenvalue weighted by Gasteiger charge is -2.13. The van der Waals surface area contributed by atoms with Crippen LogP contribution in [0.4, 0.5) is 0 Å². The third-order valence-electron chi connectivity index (χ3n) is 3.91. The number of carbonyl (C=O) groups excluding carboxylic acids is 3. The van der Waals surface area contributed by atoms with Crippen LogP contribution >= 0.6 is 15.9 Å². The van der Waals surface area contributed by atoms with Gasteiger partial charge in [-0.25, -0.2) is 0 Å². The van der Waals surface area contributed by atoms with E-state index in [0.717, 1.165) is 10.0 Å². The highest BCUT2D eigenvalue weighted by Gasteiger charge is 2.30. The van der Waals surface area contributed by atoms with Crippen molar-refractivity contribution < 1.29 is 19.1 Å². The van der Waals surface area contributed by atoms with Gasteiger partial charge in [0.05, 0.1) is 7.11 Å². The van der Waals surface area contributed by atoms with Crippen LogP contribution < -0.4 is 0 Å². The summed E-state index contributed by atoms with van der Waals surface area (Å²) in [6.45, 7) is 0. The summed E-state index contributed by atoms with van der Waals surface area (Å²) in [5.41, 5.74) is 1.47. The Morgan fingerprint density at radius 2 is 1.76 bits per heavy atom. The maximum absolute atomic E-state index is 12.5. The quantitative estimate of drug-likeness (QED) is 0.380. The molecule has 0 saturated carbocycles. The molecule has 25 heavy (non-hydrogen) atoms. The molecule has 0 spiro atoms. The van der Waals surface area contributed by atoms with E-state index in [-0.39, 0.29) is 24.4 Å². The Morgan fingerprint density at radius 3 is 2.40 bits per heavy atom. The Morgan fingerprint density at radius 1 is 1.04 bits per heavy atom. The number of ketones is 2. The van der Waals surface area contributed by atoms with Gasteiger partial charge in [0.25, 0.3) is 0 Å². The molecule has 5 heteroatoms. The first-order valence-electron chi connectivity index (χ1n) is 7.94. The van der Waals surface area contributed by atoms with E-state index in [4.69, 9.17) is 4.74 Å². The average Bonchev–Trinajstić information content (AvgIpc) is 2.64. The second-order valence-electron chi connectivity index (χ2n) is 5.67. The van der Waals surface area contributed by atoms with Crippen LogP contribution in [0.3, 0.4) is 0 Å². The molecule has 0 amide bonds. The Labute approximate surface area is 155 Å². The van der Waals surface area contributed by atoms with Crippen molar-refractivity contribution in [3.63, 3.8) is 0 Å². The summed E-state index contributed by atoms with van der Waals surface area (Å²) in [7, 11) is 1.23. The van der Waals surface area contributed by atoms with Crippen molar-refractivity contribution in [2.24, 2.45) is 5.92 Å². The maximum Gasteiger partial charge on any atom is 0.316 e. The van der Waals surface area contributed by atoms with Crippen molar-refractivity contribution in [1.29, 1.82) is 0 Å². The van der Waals surface area contributed by atoms with Crippen molar-refractivity contribution in [3.8, 4) is 0 Å². The van der Waals surface area contributed by atoms with Gasteiger partial charge in [-0.05, 0) is 24.1 Å². The molecule has 2 aromatic rings. The molecule has 0 aliphatic carbocycles. The van der Waals surface area contributed by atoms with Gasteiger partial charge in [-0.2, -0.15) is 0 Å². The average molecular weight is 403 g/mol. The zero-order chi connectivity index (χ0) is 18.2. The van der Waals surface area contributed by atoms with Gasteiger partial charge in [-0.3, -0.25) is 14.4 Å². The van der Waals surface area contributed by atoms with E-state index < -0.39 is 11.9 Å². The van der Waals surface area contributed by atoms with Crippen LogP contribution in [-0.4, -0.2) is 24.6 Å². The van der Waals surface area contributed by atoms with Gasteiger partial charge in [-0.15, -0.1) is 0 Å². The van der Waals surface area contributed by atoms with Crippen LogP contribution in [0.2, 0.25) is 0 Å². The summed E-state index contributed by atoms with van der Waals surface area (Å²) in [5, 5.41) is 0. The standard InChI is InChI=1S/C20H19BrO4/c1-25-20(24)17(13-19(23)15-8-5-9-16(21)12-15)18(22)11-10-14-6-3-2-4-7-14/h2-9,12,17H,10-11,13H2,1H3. The van der Waals surface area contributed by atoms with Crippen LogP contribution in [-0.2, 0) is 20.7 Å². The number of Topliss-reactive ketones (excluding diaryl/α,β-unsaturated/α-hetero) is 2. The number of hydrogen-bond acceptors (Lipinski definition) is 4. The topological polar surface area (TPSA) is 60.4 Å². The van der Waals surface area contributed by atoms with Gasteiger partial charge < -0.3 is 4.74 Å². The summed E-state index contributed by atoms with van der Waals surface area (Å²) in [4.78, 5) is 36.9. The molecule has 0 bridgehead atoms. The summed E-state index contributed by atoms with van der Waals surface area (Å²) in [5.74, 6) is -2.27. The first-order chi connectivity index (χ1) is 12.0. The number of halogens is 1. The molecular formula is C20H19BrO4. The molecule has 1 atom stereocenters. The van der Waals surface area contributed by atoms with E-state index in [1.165, 1.54) is 7.11 Å². The first kappa shape index (κ1) is 19.1. The number of benzene rings is 2. The van der Waals surface area contributed by atoms with Crippen molar-refractivity contribution in [3.05, 3.63) is 70.2 Å².